The fourth-order valence-corrected chi connectivity index (χ4v) is 1.04. The first-order chi connectivity index (χ1) is 6.41. The van der Waals surface area contributed by atoms with Crippen molar-refractivity contribution in [1.29, 1.82) is 0 Å². The van der Waals surface area contributed by atoms with Gasteiger partial charge in [0.05, 0.1) is 0 Å². The van der Waals surface area contributed by atoms with Crippen LogP contribution in [-0.2, 0) is 9.59 Å². The van der Waals surface area contributed by atoms with Gasteiger partial charge in [0.2, 0.25) is 5.91 Å². The summed E-state index contributed by atoms with van der Waals surface area (Å²) in [5, 5.41) is 8.68. The van der Waals surface area contributed by atoms with Crippen LogP contribution in [-0.4, -0.2) is 35.5 Å². The van der Waals surface area contributed by atoms with Gasteiger partial charge in [0, 0.05) is 24.7 Å². The van der Waals surface area contributed by atoms with Crippen molar-refractivity contribution in [2.75, 3.05) is 13.6 Å². The van der Waals surface area contributed by atoms with Gasteiger partial charge in [0.25, 0.3) is 0 Å². The first-order valence-electron chi connectivity index (χ1n) is 4.58. The first kappa shape index (κ1) is 12.7. The minimum Gasteiger partial charge on any atom is -0.478 e. The van der Waals surface area contributed by atoms with Crippen LogP contribution in [0.4, 0.5) is 0 Å². The van der Waals surface area contributed by atoms with Crippen LogP contribution in [0.1, 0.15) is 27.2 Å². The Hall–Kier alpha value is -1.32. The molecular formula is C10H17NO3. The molecule has 4 heteroatoms. The molecule has 0 aromatic rings. The molecule has 4 nitrogen and oxygen atoms in total. The van der Waals surface area contributed by atoms with E-state index in [0.29, 0.717) is 12.1 Å². The van der Waals surface area contributed by atoms with Crippen molar-refractivity contribution in [1.82, 2.24) is 4.90 Å². The minimum atomic E-state index is -1.04. The second-order valence-corrected chi connectivity index (χ2v) is 3.28. The lowest BCUT2D eigenvalue weighted by molar-refractivity contribution is -0.133. The molecule has 0 saturated carbocycles. The Kier molecular flexibility index (Phi) is 4.91. The van der Waals surface area contributed by atoms with E-state index in [1.54, 1.807) is 7.05 Å². The Morgan fingerprint density at radius 3 is 2.07 bits per heavy atom. The number of hydrogen-bond donors (Lipinski definition) is 1. The summed E-state index contributed by atoms with van der Waals surface area (Å²) in [6.45, 7) is 5.59. The molecule has 0 atom stereocenters. The summed E-state index contributed by atoms with van der Waals surface area (Å²) in [6, 6.07) is 0. The van der Waals surface area contributed by atoms with Crippen LogP contribution >= 0.6 is 0 Å². The Labute approximate surface area is 84.2 Å². The van der Waals surface area contributed by atoms with E-state index in [-0.39, 0.29) is 11.5 Å². The molecule has 0 aromatic heterocycles. The van der Waals surface area contributed by atoms with Crippen LogP contribution in [0.3, 0.4) is 0 Å². The van der Waals surface area contributed by atoms with Crippen LogP contribution in [0.2, 0.25) is 0 Å². The number of carbonyl (C=O) groups is 2. The lowest BCUT2D eigenvalue weighted by Crippen LogP contribution is -2.29. The molecule has 1 N–H and O–H groups in total. The van der Waals surface area contributed by atoms with Crippen LogP contribution in [0.25, 0.3) is 0 Å². The van der Waals surface area contributed by atoms with Gasteiger partial charge in [-0.15, -0.1) is 0 Å². The smallest absolute Gasteiger partial charge is 0.331 e. The maximum Gasteiger partial charge on any atom is 0.331 e. The second-order valence-electron chi connectivity index (χ2n) is 3.28. The predicted octanol–water partition coefficient (Wildman–Crippen LogP) is 1.28. The summed E-state index contributed by atoms with van der Waals surface area (Å²) < 4.78 is 0. The summed E-state index contributed by atoms with van der Waals surface area (Å²) in [7, 11) is 1.67. The zero-order valence-corrected chi connectivity index (χ0v) is 9.13. The molecule has 0 fully saturated rings. The zero-order chi connectivity index (χ0) is 11.3. The van der Waals surface area contributed by atoms with Crippen molar-refractivity contribution in [3.05, 3.63) is 11.1 Å². The summed E-state index contributed by atoms with van der Waals surface area (Å²) in [4.78, 5) is 23.7. The van der Waals surface area contributed by atoms with Gasteiger partial charge < -0.3 is 10.0 Å². The maximum atomic E-state index is 11.6. The van der Waals surface area contributed by atoms with Gasteiger partial charge in [-0.3, -0.25) is 4.79 Å². The molecule has 0 bridgehead atoms. The van der Waals surface area contributed by atoms with Crippen LogP contribution in [0.5, 0.6) is 0 Å². The molecule has 0 rings (SSSR count). The van der Waals surface area contributed by atoms with E-state index in [1.807, 2.05) is 6.92 Å². The summed E-state index contributed by atoms with van der Waals surface area (Å²) in [6.07, 6.45) is 0.863. The number of amides is 1. The SMILES string of the molecule is CCCN(C)C(=O)C(C)=C(C)C(=O)O. The van der Waals surface area contributed by atoms with Gasteiger partial charge in [0.15, 0.2) is 0 Å². The third kappa shape index (κ3) is 3.20. The number of carboxylic acid groups (broad SMARTS) is 1. The standard InChI is InChI=1S/C10H17NO3/c1-5-6-11(4)9(12)7(2)8(3)10(13)14/h5-6H2,1-4H3,(H,13,14). The van der Waals surface area contributed by atoms with Crippen molar-refractivity contribution in [3.8, 4) is 0 Å². The zero-order valence-electron chi connectivity index (χ0n) is 9.13. The van der Waals surface area contributed by atoms with Gasteiger partial charge >= 0.3 is 5.97 Å². The van der Waals surface area contributed by atoms with E-state index < -0.39 is 5.97 Å². The quantitative estimate of drug-likeness (QED) is 0.694. The van der Waals surface area contributed by atoms with E-state index in [1.165, 1.54) is 18.7 Å². The normalized spacial score (nSPS) is 12.0. The molecule has 0 unspecified atom stereocenters. The highest BCUT2D eigenvalue weighted by Gasteiger charge is 2.15. The first-order valence-corrected chi connectivity index (χ1v) is 4.58. The molecule has 80 valence electrons. The average Bonchev–Trinajstić information content (AvgIpc) is 2.14. The third-order valence-electron chi connectivity index (χ3n) is 2.11. The number of nitrogens with zero attached hydrogens (tertiary/aromatic N) is 1. The van der Waals surface area contributed by atoms with Crippen LogP contribution in [0.15, 0.2) is 11.1 Å². The molecule has 0 heterocycles. The molecule has 1 amide bonds. The van der Waals surface area contributed by atoms with E-state index in [4.69, 9.17) is 5.11 Å². The fourth-order valence-electron chi connectivity index (χ4n) is 1.04. The Morgan fingerprint density at radius 1 is 1.21 bits per heavy atom. The highest BCUT2D eigenvalue weighted by Crippen LogP contribution is 2.07. The predicted molar refractivity (Wildman–Crippen MR) is 53.9 cm³/mol. The molecule has 0 radical (unpaired) electrons. The molecule has 0 aliphatic carbocycles. The van der Waals surface area contributed by atoms with E-state index in [2.05, 4.69) is 0 Å². The Bertz CT molecular complexity index is 269. The number of hydrogen-bond acceptors (Lipinski definition) is 2. The second kappa shape index (κ2) is 5.42. The molecule has 0 aliphatic rings. The fraction of sp³-hybridized carbons (Fsp3) is 0.600. The lowest BCUT2D eigenvalue weighted by Gasteiger charge is -2.16. The van der Waals surface area contributed by atoms with Gasteiger partial charge in [-0.1, -0.05) is 6.92 Å². The maximum absolute atomic E-state index is 11.6. The molecule has 0 aromatic carbocycles. The highest BCUT2D eigenvalue weighted by atomic mass is 16.4. The average molecular weight is 199 g/mol. The van der Waals surface area contributed by atoms with Crippen molar-refractivity contribution in [3.63, 3.8) is 0 Å². The number of likely N-dealkylation sites (N-methyl/N-ethyl adjacent to an activating group) is 1. The summed E-state index contributed by atoms with van der Waals surface area (Å²) in [5.74, 6) is -1.26. The van der Waals surface area contributed by atoms with Crippen LogP contribution < -0.4 is 0 Å². The van der Waals surface area contributed by atoms with Gasteiger partial charge in [-0.05, 0) is 20.3 Å². The van der Waals surface area contributed by atoms with E-state index in [9.17, 15) is 9.59 Å². The highest BCUT2D eigenvalue weighted by molar-refractivity contribution is 6.01. The third-order valence-corrected chi connectivity index (χ3v) is 2.11. The molecule has 0 saturated heterocycles. The number of carbonyl (C=O) groups excluding carboxylic acids is 1. The topological polar surface area (TPSA) is 57.6 Å². The van der Waals surface area contributed by atoms with Gasteiger partial charge in [-0.2, -0.15) is 0 Å². The largest absolute Gasteiger partial charge is 0.478 e. The van der Waals surface area contributed by atoms with Gasteiger partial charge in [0.1, 0.15) is 0 Å². The minimum absolute atomic E-state index is 0.109. The monoisotopic (exact) mass is 199 g/mol. The van der Waals surface area contributed by atoms with Crippen molar-refractivity contribution < 1.29 is 14.7 Å². The number of carboxylic acids is 1. The molecule has 14 heavy (non-hydrogen) atoms. The van der Waals surface area contributed by atoms with E-state index in [0.717, 1.165) is 6.42 Å². The van der Waals surface area contributed by atoms with Gasteiger partial charge in [-0.25, -0.2) is 4.79 Å². The number of rotatable bonds is 4. The molecule has 0 spiro atoms. The molecular weight excluding hydrogens is 182 g/mol. The van der Waals surface area contributed by atoms with E-state index >= 15 is 0 Å². The number of aliphatic carboxylic acids is 1. The van der Waals surface area contributed by atoms with Crippen molar-refractivity contribution in [2.24, 2.45) is 0 Å². The molecule has 0 aliphatic heterocycles. The summed E-state index contributed by atoms with van der Waals surface area (Å²) >= 11 is 0. The van der Waals surface area contributed by atoms with Crippen molar-refractivity contribution >= 4 is 11.9 Å². The summed E-state index contributed by atoms with van der Waals surface area (Å²) in [5.41, 5.74) is 0.409. The van der Waals surface area contributed by atoms with Crippen molar-refractivity contribution in [2.45, 2.75) is 27.2 Å². The lowest BCUT2D eigenvalue weighted by atomic mass is 10.1. The Balaban J connectivity index is 4.69. The Morgan fingerprint density at radius 2 is 1.71 bits per heavy atom. The van der Waals surface area contributed by atoms with Crippen LogP contribution in [0, 0.1) is 0 Å².